The number of likely N-dealkylation sites (N-methyl/N-ethyl adjacent to an activating group) is 1. The summed E-state index contributed by atoms with van der Waals surface area (Å²) >= 11 is 14.1. The number of carbonyl (C=O) groups excluding carboxylic acids is 1. The molecule has 1 aliphatic carbocycles. The van der Waals surface area contributed by atoms with Gasteiger partial charge in [0.1, 0.15) is 5.03 Å². The second-order valence-corrected chi connectivity index (χ2v) is 10.8. The first kappa shape index (κ1) is 22.2. The number of halogens is 2. The van der Waals surface area contributed by atoms with E-state index in [1.165, 1.54) is 42.3 Å². The molecule has 9 heteroatoms. The highest BCUT2D eigenvalue weighted by atomic mass is 35.5. The summed E-state index contributed by atoms with van der Waals surface area (Å²) in [4.78, 5) is 26.3. The van der Waals surface area contributed by atoms with Crippen LogP contribution >= 0.6 is 35.0 Å². The summed E-state index contributed by atoms with van der Waals surface area (Å²) in [6.45, 7) is 5.43. The topological polar surface area (TPSA) is 61.4 Å². The first-order valence-electron chi connectivity index (χ1n) is 11.4. The van der Waals surface area contributed by atoms with Crippen LogP contribution < -0.4 is 10.2 Å². The molecule has 34 heavy (non-hydrogen) atoms. The average molecular weight is 512 g/mol. The van der Waals surface area contributed by atoms with E-state index in [0.29, 0.717) is 43.6 Å². The van der Waals surface area contributed by atoms with Crippen molar-refractivity contribution in [1.29, 1.82) is 0 Å². The van der Waals surface area contributed by atoms with Crippen LogP contribution in [0.15, 0.2) is 47.6 Å². The number of aromatic nitrogens is 2. The van der Waals surface area contributed by atoms with Gasteiger partial charge in [-0.2, -0.15) is 0 Å². The maximum absolute atomic E-state index is 13.2. The molecule has 3 aliphatic rings. The summed E-state index contributed by atoms with van der Waals surface area (Å²) < 4.78 is 0. The molecule has 1 N–H and O–H groups in total. The molecule has 1 aromatic heterocycles. The van der Waals surface area contributed by atoms with Gasteiger partial charge in [-0.1, -0.05) is 54.0 Å². The van der Waals surface area contributed by atoms with Gasteiger partial charge in [-0.25, -0.2) is 9.97 Å². The van der Waals surface area contributed by atoms with Gasteiger partial charge in [0.25, 0.3) is 5.91 Å². The molecule has 3 heterocycles. The van der Waals surface area contributed by atoms with Crippen LogP contribution in [-0.2, 0) is 12.0 Å². The fourth-order valence-corrected chi connectivity index (χ4v) is 6.53. The Balaban J connectivity index is 1.25. The summed E-state index contributed by atoms with van der Waals surface area (Å²) in [6.07, 6.45) is 4.13. The smallest absolute Gasteiger partial charge is 0.263 e. The van der Waals surface area contributed by atoms with Crippen molar-refractivity contribution in [1.82, 2.24) is 14.9 Å². The van der Waals surface area contributed by atoms with Gasteiger partial charge in [0.15, 0.2) is 0 Å². The maximum Gasteiger partial charge on any atom is 0.263 e. The third kappa shape index (κ3) is 3.75. The molecule has 6 rings (SSSR count). The molecular formula is C25H23Cl2N5OS. The first-order chi connectivity index (χ1) is 16.5. The molecule has 0 unspecified atom stereocenters. The number of rotatable bonds is 4. The quantitative estimate of drug-likeness (QED) is 0.426. The normalized spacial score (nSPS) is 18.6. The zero-order valence-corrected chi connectivity index (χ0v) is 21.0. The summed E-state index contributed by atoms with van der Waals surface area (Å²) in [6, 6.07) is 11.8. The highest BCUT2D eigenvalue weighted by Crippen LogP contribution is 2.52. The number of nitrogens with one attached hydrogen (secondary N) is 1. The molecule has 0 saturated heterocycles. The van der Waals surface area contributed by atoms with Gasteiger partial charge in [0.2, 0.25) is 5.95 Å². The van der Waals surface area contributed by atoms with Gasteiger partial charge in [-0.15, -0.1) is 0 Å². The molecular weight excluding hydrogens is 489 g/mol. The van der Waals surface area contributed by atoms with E-state index in [0.717, 1.165) is 18.8 Å². The lowest BCUT2D eigenvalue weighted by Crippen LogP contribution is -2.37. The average Bonchev–Trinajstić information content (AvgIpc) is 3.59. The number of fused-ring (bicyclic) bond motifs is 3. The number of thioether (sulfide) groups is 1. The highest BCUT2D eigenvalue weighted by Gasteiger charge is 2.48. The van der Waals surface area contributed by atoms with Gasteiger partial charge < -0.3 is 5.32 Å². The summed E-state index contributed by atoms with van der Waals surface area (Å²) in [7, 11) is 0. The fraction of sp³-hybridized carbons (Fsp3) is 0.320. The van der Waals surface area contributed by atoms with Crippen LogP contribution in [0.3, 0.4) is 0 Å². The standard InChI is InChI=1S/C25H23Cl2N5OS/c1-2-31-12-15-10-16(6-7-18(15)25(13-31)8-9-25)29-24-28-11-17-22(30-24)34-14-32(23(17)33)21-19(26)4-3-5-20(21)27/h3-7,10-11H,2,8-9,12-14H2,1H3,(H,28,29,30). The van der Waals surface area contributed by atoms with Crippen LogP contribution in [0.2, 0.25) is 10.0 Å². The zero-order chi connectivity index (χ0) is 23.4. The summed E-state index contributed by atoms with van der Waals surface area (Å²) in [5, 5.41) is 4.86. The maximum atomic E-state index is 13.2. The van der Waals surface area contributed by atoms with Crippen LogP contribution in [0.1, 0.15) is 41.3 Å². The van der Waals surface area contributed by atoms with E-state index in [4.69, 9.17) is 23.2 Å². The van der Waals surface area contributed by atoms with Gasteiger partial charge >= 0.3 is 0 Å². The molecule has 3 aromatic rings. The lowest BCUT2D eigenvalue weighted by atomic mass is 9.86. The Bertz CT molecular complexity index is 1290. The third-order valence-corrected chi connectivity index (χ3v) is 8.50. The van der Waals surface area contributed by atoms with Crippen molar-refractivity contribution in [2.24, 2.45) is 0 Å². The lowest BCUT2D eigenvalue weighted by Gasteiger charge is -2.34. The molecule has 174 valence electrons. The van der Waals surface area contributed by atoms with Gasteiger partial charge in [-0.3, -0.25) is 14.6 Å². The number of hydrogen-bond donors (Lipinski definition) is 1. The van der Waals surface area contributed by atoms with Crippen molar-refractivity contribution in [3.8, 4) is 0 Å². The minimum absolute atomic E-state index is 0.210. The van der Waals surface area contributed by atoms with Crippen LogP contribution in [0.4, 0.5) is 17.3 Å². The summed E-state index contributed by atoms with van der Waals surface area (Å²) in [5.74, 6) is 0.644. The molecule has 2 aliphatic heterocycles. The van der Waals surface area contributed by atoms with E-state index in [9.17, 15) is 4.79 Å². The minimum atomic E-state index is -0.210. The van der Waals surface area contributed by atoms with Gasteiger partial charge in [0, 0.05) is 30.4 Å². The Morgan fingerprint density at radius 2 is 1.97 bits per heavy atom. The van der Waals surface area contributed by atoms with Crippen LogP contribution in [0.5, 0.6) is 0 Å². The fourth-order valence-electron chi connectivity index (χ4n) is 4.99. The molecule has 1 spiro atoms. The van der Waals surface area contributed by atoms with Gasteiger partial charge in [-0.05, 0) is 54.8 Å². The van der Waals surface area contributed by atoms with E-state index in [1.54, 1.807) is 29.3 Å². The molecule has 6 nitrogen and oxygen atoms in total. The number of hydrogen-bond acceptors (Lipinski definition) is 6. The van der Waals surface area contributed by atoms with E-state index < -0.39 is 0 Å². The van der Waals surface area contributed by atoms with Crippen LogP contribution in [-0.4, -0.2) is 39.7 Å². The Labute approximate surface area is 212 Å². The predicted molar refractivity (Wildman–Crippen MR) is 138 cm³/mol. The van der Waals surface area contributed by atoms with Crippen molar-refractivity contribution in [2.75, 3.05) is 29.2 Å². The summed E-state index contributed by atoms with van der Waals surface area (Å²) in [5.41, 5.74) is 5.15. The Kier molecular flexibility index (Phi) is 5.48. The van der Waals surface area contributed by atoms with E-state index in [1.807, 2.05) is 0 Å². The minimum Gasteiger partial charge on any atom is -0.324 e. The number of anilines is 3. The molecule has 0 bridgehead atoms. The van der Waals surface area contributed by atoms with Gasteiger partial charge in [0.05, 0.1) is 27.2 Å². The number of amides is 1. The van der Waals surface area contributed by atoms with Crippen molar-refractivity contribution >= 4 is 58.2 Å². The van der Waals surface area contributed by atoms with Crippen LogP contribution in [0.25, 0.3) is 0 Å². The Morgan fingerprint density at radius 3 is 2.71 bits per heavy atom. The van der Waals surface area contributed by atoms with Crippen molar-refractivity contribution in [3.05, 3.63) is 69.3 Å². The largest absolute Gasteiger partial charge is 0.324 e. The first-order valence-corrected chi connectivity index (χ1v) is 13.1. The Hall–Kier alpha value is -2.32. The molecule has 0 atom stereocenters. The highest BCUT2D eigenvalue weighted by molar-refractivity contribution is 7.99. The van der Waals surface area contributed by atoms with Crippen molar-refractivity contribution in [3.63, 3.8) is 0 Å². The van der Waals surface area contributed by atoms with Crippen molar-refractivity contribution < 1.29 is 4.79 Å². The van der Waals surface area contributed by atoms with Crippen molar-refractivity contribution in [2.45, 2.75) is 36.8 Å². The zero-order valence-electron chi connectivity index (χ0n) is 18.6. The molecule has 2 aromatic carbocycles. The van der Waals surface area contributed by atoms with Crippen LogP contribution in [0, 0.1) is 0 Å². The number of nitrogens with zero attached hydrogens (tertiary/aromatic N) is 4. The molecule has 0 radical (unpaired) electrons. The van der Waals surface area contributed by atoms with E-state index >= 15 is 0 Å². The molecule has 1 saturated carbocycles. The predicted octanol–water partition coefficient (Wildman–Crippen LogP) is 6.10. The number of carbonyl (C=O) groups is 1. The SMILES string of the molecule is CCN1Cc2cc(Nc3ncc4c(n3)SCN(c3c(Cl)cccc3Cl)C4=O)ccc2C2(CC2)C1. The van der Waals surface area contributed by atoms with E-state index in [-0.39, 0.29) is 5.91 Å². The Morgan fingerprint density at radius 1 is 1.18 bits per heavy atom. The monoisotopic (exact) mass is 511 g/mol. The number of para-hydroxylation sites is 1. The number of benzene rings is 2. The second kappa shape index (κ2) is 8.41. The third-order valence-electron chi connectivity index (χ3n) is 6.92. The van der Waals surface area contributed by atoms with E-state index in [2.05, 4.69) is 45.3 Å². The lowest BCUT2D eigenvalue weighted by molar-refractivity contribution is 0.0985. The molecule has 1 amide bonds. The molecule has 1 fully saturated rings. The second-order valence-electron chi connectivity index (χ2n) is 9.07.